The van der Waals surface area contributed by atoms with E-state index in [0.717, 1.165) is 0 Å². The smallest absolute Gasteiger partial charge is 0.364 e. The van der Waals surface area contributed by atoms with Crippen LogP contribution in [0.2, 0.25) is 0 Å². The number of carbonyl (C=O) groups is 1. The first kappa shape index (κ1) is 14.0. The lowest BCUT2D eigenvalue weighted by Crippen LogP contribution is -2.18. The molecule has 0 bridgehead atoms. The van der Waals surface area contributed by atoms with Gasteiger partial charge in [0, 0.05) is 0 Å². The molecule has 0 aromatic carbocycles. The van der Waals surface area contributed by atoms with Crippen molar-refractivity contribution in [2.45, 2.75) is 27.7 Å². The molecule has 0 atom stereocenters. The maximum Gasteiger partial charge on any atom is 0.364 e. The topological polar surface area (TPSA) is 61.6 Å². The Morgan fingerprint density at radius 3 is 2.65 bits per heavy atom. The maximum atomic E-state index is 11.6. The number of carbonyl (C=O) groups excluding carboxylic acids is 1. The van der Waals surface area contributed by atoms with Gasteiger partial charge >= 0.3 is 5.97 Å². The van der Waals surface area contributed by atoms with Crippen LogP contribution < -0.4 is 4.74 Å². The lowest BCUT2D eigenvalue weighted by molar-refractivity contribution is 0.0508. The van der Waals surface area contributed by atoms with Crippen molar-refractivity contribution in [1.29, 1.82) is 0 Å². The fraction of sp³-hybridized carbons (Fsp3) is 0.636. The van der Waals surface area contributed by atoms with Gasteiger partial charge in [0.05, 0.1) is 13.2 Å². The van der Waals surface area contributed by atoms with Gasteiger partial charge in [-0.05, 0) is 28.3 Å². The van der Waals surface area contributed by atoms with Crippen molar-refractivity contribution in [3.05, 3.63) is 10.4 Å². The highest BCUT2D eigenvalue weighted by Crippen LogP contribution is 2.31. The van der Waals surface area contributed by atoms with Crippen LogP contribution in [0, 0.1) is 5.41 Å². The molecule has 0 spiro atoms. The van der Waals surface area contributed by atoms with Gasteiger partial charge in [-0.15, -0.1) is 0 Å². The van der Waals surface area contributed by atoms with Gasteiger partial charge in [-0.2, -0.15) is 0 Å². The van der Waals surface area contributed by atoms with Gasteiger partial charge in [0.1, 0.15) is 0 Å². The Morgan fingerprint density at radius 2 is 2.12 bits per heavy atom. The molecule has 0 aliphatic heterocycles. The first-order valence-electron chi connectivity index (χ1n) is 5.30. The Hall–Kier alpha value is -1.04. The summed E-state index contributed by atoms with van der Waals surface area (Å²) in [7, 11) is 0. The largest absolute Gasteiger partial charge is 0.486 e. The van der Waals surface area contributed by atoms with E-state index in [9.17, 15) is 4.79 Å². The summed E-state index contributed by atoms with van der Waals surface area (Å²) in [5, 5.41) is 3.61. The molecule has 0 N–H and O–H groups in total. The van der Waals surface area contributed by atoms with Gasteiger partial charge in [0.25, 0.3) is 0 Å². The molecule has 0 saturated carbocycles. The number of ether oxygens (including phenoxy) is 2. The van der Waals surface area contributed by atoms with E-state index < -0.39 is 5.97 Å². The van der Waals surface area contributed by atoms with E-state index in [1.54, 1.807) is 6.92 Å². The molecular formula is C11H16BrNO4. The quantitative estimate of drug-likeness (QED) is 0.800. The summed E-state index contributed by atoms with van der Waals surface area (Å²) < 4.78 is 15.6. The first-order valence-corrected chi connectivity index (χ1v) is 6.09. The Morgan fingerprint density at radius 1 is 1.47 bits per heavy atom. The number of hydrogen-bond acceptors (Lipinski definition) is 5. The highest BCUT2D eigenvalue weighted by Gasteiger charge is 2.25. The summed E-state index contributed by atoms with van der Waals surface area (Å²) in [4.78, 5) is 11.6. The Bertz CT molecular complexity index is 395. The van der Waals surface area contributed by atoms with Crippen LogP contribution in [0.3, 0.4) is 0 Å². The van der Waals surface area contributed by atoms with Crippen LogP contribution in [0.4, 0.5) is 0 Å². The molecule has 0 saturated heterocycles. The Labute approximate surface area is 109 Å². The molecule has 0 fully saturated rings. The van der Waals surface area contributed by atoms with Crippen LogP contribution >= 0.6 is 15.9 Å². The van der Waals surface area contributed by atoms with E-state index in [-0.39, 0.29) is 17.7 Å². The van der Waals surface area contributed by atoms with E-state index in [1.165, 1.54) is 0 Å². The zero-order valence-corrected chi connectivity index (χ0v) is 12.0. The third kappa shape index (κ3) is 4.03. The zero-order valence-electron chi connectivity index (χ0n) is 10.4. The highest BCUT2D eigenvalue weighted by atomic mass is 79.9. The highest BCUT2D eigenvalue weighted by molar-refractivity contribution is 9.10. The minimum absolute atomic E-state index is 0.0252. The average Bonchev–Trinajstić information content (AvgIpc) is 2.56. The molecule has 1 aromatic heterocycles. The SMILES string of the molecule is CCOC(=O)c1noc(Br)c1OCC(C)(C)C. The van der Waals surface area contributed by atoms with Gasteiger partial charge in [-0.1, -0.05) is 25.9 Å². The summed E-state index contributed by atoms with van der Waals surface area (Å²) >= 11 is 3.14. The molecule has 17 heavy (non-hydrogen) atoms. The predicted molar refractivity (Wildman–Crippen MR) is 65.1 cm³/mol. The molecule has 0 amide bonds. The monoisotopic (exact) mass is 305 g/mol. The summed E-state index contributed by atoms with van der Waals surface area (Å²) in [6.07, 6.45) is 0. The molecule has 1 aromatic rings. The van der Waals surface area contributed by atoms with E-state index in [4.69, 9.17) is 14.0 Å². The van der Waals surface area contributed by atoms with Crippen molar-refractivity contribution >= 4 is 21.9 Å². The van der Waals surface area contributed by atoms with Crippen LogP contribution in [-0.4, -0.2) is 24.3 Å². The van der Waals surface area contributed by atoms with Crippen LogP contribution in [0.1, 0.15) is 38.2 Å². The molecule has 0 unspecified atom stereocenters. The third-order valence-electron chi connectivity index (χ3n) is 1.73. The predicted octanol–water partition coefficient (Wildman–Crippen LogP) is 3.04. The number of halogens is 1. The molecule has 0 radical (unpaired) electrons. The normalized spacial score (nSPS) is 11.4. The van der Waals surface area contributed by atoms with Gasteiger partial charge < -0.3 is 14.0 Å². The molecule has 0 aliphatic rings. The number of esters is 1. The van der Waals surface area contributed by atoms with Crippen molar-refractivity contribution in [2.24, 2.45) is 5.41 Å². The first-order chi connectivity index (χ1) is 7.85. The van der Waals surface area contributed by atoms with Gasteiger partial charge in [0.2, 0.25) is 16.1 Å². The van der Waals surface area contributed by atoms with Crippen LogP contribution in [-0.2, 0) is 4.74 Å². The Balaban J connectivity index is 2.83. The van der Waals surface area contributed by atoms with Crippen molar-refractivity contribution < 1.29 is 18.8 Å². The third-order valence-corrected chi connectivity index (χ3v) is 2.23. The second kappa shape index (κ2) is 5.53. The van der Waals surface area contributed by atoms with Gasteiger partial charge in [0.15, 0.2) is 0 Å². The van der Waals surface area contributed by atoms with Crippen molar-refractivity contribution in [1.82, 2.24) is 5.16 Å². The van der Waals surface area contributed by atoms with Crippen LogP contribution in [0.25, 0.3) is 0 Å². The second-order valence-corrected chi connectivity index (χ2v) is 5.42. The summed E-state index contributed by atoms with van der Waals surface area (Å²) in [5.41, 5.74) is 0.0332. The maximum absolute atomic E-state index is 11.6. The second-order valence-electron chi connectivity index (χ2n) is 4.70. The minimum atomic E-state index is -0.550. The van der Waals surface area contributed by atoms with E-state index in [0.29, 0.717) is 17.0 Å². The number of aromatic nitrogens is 1. The van der Waals surface area contributed by atoms with E-state index >= 15 is 0 Å². The fourth-order valence-corrected chi connectivity index (χ4v) is 1.38. The van der Waals surface area contributed by atoms with Crippen LogP contribution in [0.15, 0.2) is 9.19 Å². The van der Waals surface area contributed by atoms with Crippen molar-refractivity contribution in [3.8, 4) is 5.75 Å². The molecule has 1 rings (SSSR count). The fourth-order valence-electron chi connectivity index (χ4n) is 1.00. The van der Waals surface area contributed by atoms with E-state index in [2.05, 4.69) is 21.1 Å². The minimum Gasteiger partial charge on any atom is -0.486 e. The molecular weight excluding hydrogens is 290 g/mol. The Kier molecular flexibility index (Phi) is 4.56. The molecule has 0 aliphatic carbocycles. The number of rotatable bonds is 4. The standard InChI is InChI=1S/C11H16BrNO4/c1-5-15-10(14)7-8(9(12)17-13-7)16-6-11(2,3)4/h5-6H2,1-4H3. The van der Waals surface area contributed by atoms with Crippen molar-refractivity contribution in [3.63, 3.8) is 0 Å². The lowest BCUT2D eigenvalue weighted by Gasteiger charge is -2.18. The van der Waals surface area contributed by atoms with Crippen molar-refractivity contribution in [2.75, 3.05) is 13.2 Å². The lowest BCUT2D eigenvalue weighted by atomic mass is 9.99. The molecule has 96 valence electrons. The number of nitrogens with zero attached hydrogens (tertiary/aromatic N) is 1. The average molecular weight is 306 g/mol. The summed E-state index contributed by atoms with van der Waals surface area (Å²) in [5.74, 6) is -0.260. The van der Waals surface area contributed by atoms with Gasteiger partial charge in [-0.3, -0.25) is 0 Å². The van der Waals surface area contributed by atoms with Gasteiger partial charge in [-0.25, -0.2) is 4.79 Å². The summed E-state index contributed by atoms with van der Waals surface area (Å²) in [6, 6.07) is 0. The van der Waals surface area contributed by atoms with Crippen LogP contribution in [0.5, 0.6) is 5.75 Å². The molecule has 1 heterocycles. The summed E-state index contributed by atoms with van der Waals surface area (Å²) in [6.45, 7) is 8.53. The molecule has 6 heteroatoms. The zero-order chi connectivity index (χ0) is 13.1. The number of hydrogen-bond donors (Lipinski definition) is 0. The molecule has 5 nitrogen and oxygen atoms in total. The van der Waals surface area contributed by atoms with E-state index in [1.807, 2.05) is 20.8 Å².